The van der Waals surface area contributed by atoms with Crippen molar-refractivity contribution in [3.05, 3.63) is 17.7 Å². The van der Waals surface area contributed by atoms with Gasteiger partial charge in [-0.15, -0.1) is 0 Å². The molecule has 0 bridgehead atoms. The Balaban J connectivity index is 2.58. The van der Waals surface area contributed by atoms with E-state index < -0.39 is 0 Å². The summed E-state index contributed by atoms with van der Waals surface area (Å²) in [4.78, 5) is 9.03. The summed E-state index contributed by atoms with van der Waals surface area (Å²) in [7, 11) is 0. The van der Waals surface area contributed by atoms with E-state index in [9.17, 15) is 0 Å². The van der Waals surface area contributed by atoms with E-state index >= 15 is 0 Å². The minimum Gasteiger partial charge on any atom is -0.261 e. The highest BCUT2D eigenvalue weighted by molar-refractivity contribution is 5.76. The fraction of sp³-hybridized carbons (Fsp3) is 0.545. The largest absolute Gasteiger partial charge is 0.261 e. The predicted molar refractivity (Wildman–Crippen MR) is 59.8 cm³/mol. The van der Waals surface area contributed by atoms with Crippen LogP contribution < -0.4 is 0 Å². The molecule has 0 saturated carbocycles. The van der Waals surface area contributed by atoms with E-state index in [1.54, 1.807) is 6.20 Å². The molecule has 0 amide bonds. The lowest BCUT2D eigenvalue weighted by molar-refractivity contribution is 0.778. The highest BCUT2D eigenvalue weighted by Crippen LogP contribution is 2.21. The maximum Gasteiger partial charge on any atom is 0.159 e. The summed E-state index contributed by atoms with van der Waals surface area (Å²) in [5.74, 6) is 1.32. The van der Waals surface area contributed by atoms with Crippen LogP contribution in [0.4, 0.5) is 0 Å². The lowest BCUT2D eigenvalue weighted by Gasteiger charge is -2.07. The summed E-state index contributed by atoms with van der Waals surface area (Å²) in [6.07, 6.45) is 3.80. The van der Waals surface area contributed by atoms with Gasteiger partial charge < -0.3 is 0 Å². The van der Waals surface area contributed by atoms with Crippen molar-refractivity contribution >= 4 is 11.0 Å². The van der Waals surface area contributed by atoms with E-state index in [2.05, 4.69) is 40.9 Å². The number of nitrogens with one attached hydrogen (secondary N) is 1. The van der Waals surface area contributed by atoms with Crippen LogP contribution in [0.2, 0.25) is 0 Å². The molecule has 0 aromatic carbocycles. The summed E-state index contributed by atoms with van der Waals surface area (Å²) in [6.45, 7) is 6.42. The zero-order valence-electron chi connectivity index (χ0n) is 9.41. The number of H-pyrrole nitrogens is 1. The number of hydrogen-bond donors (Lipinski definition) is 1. The van der Waals surface area contributed by atoms with Crippen LogP contribution in [0.1, 0.15) is 44.6 Å². The molecule has 0 unspecified atom stereocenters. The zero-order chi connectivity index (χ0) is 10.8. The molecule has 2 heterocycles. The van der Waals surface area contributed by atoms with Gasteiger partial charge in [0.25, 0.3) is 0 Å². The van der Waals surface area contributed by atoms with E-state index in [0.29, 0.717) is 5.92 Å². The highest BCUT2D eigenvalue weighted by atomic mass is 15.1. The van der Waals surface area contributed by atoms with Gasteiger partial charge in [-0.3, -0.25) is 5.10 Å². The van der Waals surface area contributed by atoms with Crippen molar-refractivity contribution < 1.29 is 0 Å². The number of nitrogens with zero attached hydrogens (tertiary/aromatic N) is 3. The topological polar surface area (TPSA) is 54.5 Å². The SMILES string of the molecule is CCCc1nc(C(C)C)c2cn[nH]c2n1. The van der Waals surface area contributed by atoms with Gasteiger partial charge in [0, 0.05) is 6.42 Å². The first-order valence-corrected chi connectivity index (χ1v) is 5.42. The molecule has 0 radical (unpaired) electrons. The third-order valence-corrected chi connectivity index (χ3v) is 2.41. The van der Waals surface area contributed by atoms with Crippen molar-refractivity contribution in [2.75, 3.05) is 0 Å². The minimum absolute atomic E-state index is 0.406. The molecule has 1 N–H and O–H groups in total. The number of rotatable bonds is 3. The van der Waals surface area contributed by atoms with E-state index in [0.717, 1.165) is 35.4 Å². The maximum absolute atomic E-state index is 4.59. The van der Waals surface area contributed by atoms with Crippen molar-refractivity contribution in [1.29, 1.82) is 0 Å². The molecule has 80 valence electrons. The van der Waals surface area contributed by atoms with Crippen molar-refractivity contribution in [3.63, 3.8) is 0 Å². The van der Waals surface area contributed by atoms with Crippen LogP contribution in [-0.2, 0) is 6.42 Å². The maximum atomic E-state index is 4.59. The second-order valence-electron chi connectivity index (χ2n) is 4.06. The van der Waals surface area contributed by atoms with Crippen LogP contribution in [0.5, 0.6) is 0 Å². The Morgan fingerprint density at radius 3 is 2.80 bits per heavy atom. The van der Waals surface area contributed by atoms with Crippen LogP contribution in [0.15, 0.2) is 6.20 Å². The van der Waals surface area contributed by atoms with Crippen molar-refractivity contribution in [1.82, 2.24) is 20.2 Å². The first-order valence-electron chi connectivity index (χ1n) is 5.42. The number of aromatic amines is 1. The molecule has 0 aliphatic carbocycles. The zero-order valence-corrected chi connectivity index (χ0v) is 9.41. The van der Waals surface area contributed by atoms with Gasteiger partial charge in [0.2, 0.25) is 0 Å². The molecule has 0 spiro atoms. The van der Waals surface area contributed by atoms with Gasteiger partial charge in [-0.2, -0.15) is 5.10 Å². The Morgan fingerprint density at radius 2 is 2.13 bits per heavy atom. The summed E-state index contributed by atoms with van der Waals surface area (Å²) < 4.78 is 0. The second kappa shape index (κ2) is 3.96. The Labute approximate surface area is 89.1 Å². The molecule has 4 nitrogen and oxygen atoms in total. The summed E-state index contributed by atoms with van der Waals surface area (Å²) >= 11 is 0. The lowest BCUT2D eigenvalue weighted by Crippen LogP contribution is -2.01. The summed E-state index contributed by atoms with van der Waals surface area (Å²) in [5.41, 5.74) is 1.95. The fourth-order valence-corrected chi connectivity index (χ4v) is 1.68. The molecule has 0 saturated heterocycles. The van der Waals surface area contributed by atoms with Gasteiger partial charge in [0.05, 0.1) is 17.3 Å². The van der Waals surface area contributed by atoms with E-state index in [4.69, 9.17) is 0 Å². The predicted octanol–water partition coefficient (Wildman–Crippen LogP) is 2.43. The van der Waals surface area contributed by atoms with Crippen molar-refractivity contribution in [2.24, 2.45) is 0 Å². The summed E-state index contributed by atoms with van der Waals surface area (Å²) in [5, 5.41) is 7.98. The van der Waals surface area contributed by atoms with Gasteiger partial charge in [-0.05, 0) is 12.3 Å². The van der Waals surface area contributed by atoms with E-state index in [1.165, 1.54) is 0 Å². The molecule has 2 aromatic rings. The second-order valence-corrected chi connectivity index (χ2v) is 4.06. The smallest absolute Gasteiger partial charge is 0.159 e. The normalized spacial score (nSPS) is 11.5. The Kier molecular flexibility index (Phi) is 2.66. The number of hydrogen-bond acceptors (Lipinski definition) is 3. The van der Waals surface area contributed by atoms with Gasteiger partial charge in [-0.25, -0.2) is 9.97 Å². The Bertz CT molecular complexity index is 459. The summed E-state index contributed by atoms with van der Waals surface area (Å²) in [6, 6.07) is 0. The van der Waals surface area contributed by atoms with Crippen LogP contribution >= 0.6 is 0 Å². The molecule has 0 aliphatic heterocycles. The van der Waals surface area contributed by atoms with E-state index in [1.807, 2.05) is 0 Å². The number of aromatic nitrogens is 4. The standard InChI is InChI=1S/C11H16N4/c1-4-5-9-13-10(7(2)3)8-6-12-15-11(8)14-9/h6-7H,4-5H2,1-3H3,(H,12,13,14,15). The molecule has 0 atom stereocenters. The van der Waals surface area contributed by atoms with Crippen molar-refractivity contribution in [2.45, 2.75) is 39.5 Å². The lowest BCUT2D eigenvalue weighted by atomic mass is 10.1. The molecule has 4 heteroatoms. The number of fused-ring (bicyclic) bond motifs is 1. The van der Waals surface area contributed by atoms with Gasteiger partial charge in [0.15, 0.2) is 5.65 Å². The molecule has 0 aliphatic rings. The first kappa shape index (κ1) is 10.1. The molecule has 15 heavy (non-hydrogen) atoms. The van der Waals surface area contributed by atoms with Gasteiger partial charge in [-0.1, -0.05) is 20.8 Å². The monoisotopic (exact) mass is 204 g/mol. The molecule has 2 rings (SSSR count). The molecule has 0 fully saturated rings. The Hall–Kier alpha value is -1.45. The van der Waals surface area contributed by atoms with Crippen molar-refractivity contribution in [3.8, 4) is 0 Å². The molecular formula is C11H16N4. The van der Waals surface area contributed by atoms with E-state index in [-0.39, 0.29) is 0 Å². The van der Waals surface area contributed by atoms with Crippen LogP contribution in [0.25, 0.3) is 11.0 Å². The molecular weight excluding hydrogens is 188 g/mol. The quantitative estimate of drug-likeness (QED) is 0.835. The fourth-order valence-electron chi connectivity index (χ4n) is 1.68. The van der Waals surface area contributed by atoms with Gasteiger partial charge >= 0.3 is 0 Å². The highest BCUT2D eigenvalue weighted by Gasteiger charge is 2.11. The van der Waals surface area contributed by atoms with Crippen LogP contribution in [-0.4, -0.2) is 20.2 Å². The first-order chi connectivity index (χ1) is 7.22. The van der Waals surface area contributed by atoms with Crippen LogP contribution in [0.3, 0.4) is 0 Å². The number of aryl methyl sites for hydroxylation is 1. The average molecular weight is 204 g/mol. The third kappa shape index (κ3) is 1.84. The van der Waals surface area contributed by atoms with Gasteiger partial charge in [0.1, 0.15) is 5.82 Å². The van der Waals surface area contributed by atoms with Crippen LogP contribution in [0, 0.1) is 0 Å². The third-order valence-electron chi connectivity index (χ3n) is 2.41. The molecule has 2 aromatic heterocycles. The average Bonchev–Trinajstić information content (AvgIpc) is 2.64. The minimum atomic E-state index is 0.406. The Morgan fingerprint density at radius 1 is 1.33 bits per heavy atom.